The van der Waals surface area contributed by atoms with E-state index < -0.39 is 6.10 Å². The third-order valence-electron chi connectivity index (χ3n) is 3.92. The quantitative estimate of drug-likeness (QED) is 0.895. The van der Waals surface area contributed by atoms with Gasteiger partial charge in [0, 0.05) is 6.04 Å². The van der Waals surface area contributed by atoms with E-state index in [-0.39, 0.29) is 6.04 Å². The maximum Gasteiger partial charge on any atom is 0.0946 e. The molecule has 2 nitrogen and oxygen atoms in total. The van der Waals surface area contributed by atoms with Gasteiger partial charge in [-0.1, -0.05) is 42.5 Å². The number of hydrogen-bond acceptors (Lipinski definition) is 2. The van der Waals surface area contributed by atoms with Gasteiger partial charge in [0.25, 0.3) is 0 Å². The molecule has 2 aromatic carbocycles. The molecule has 2 heteroatoms. The summed E-state index contributed by atoms with van der Waals surface area (Å²) >= 11 is 0. The van der Waals surface area contributed by atoms with Crippen molar-refractivity contribution in [3.05, 3.63) is 70.3 Å². The second kappa shape index (κ2) is 6.21. The van der Waals surface area contributed by atoms with Crippen LogP contribution >= 0.6 is 0 Å². The maximum absolute atomic E-state index is 10.5. The van der Waals surface area contributed by atoms with Gasteiger partial charge >= 0.3 is 0 Å². The van der Waals surface area contributed by atoms with Crippen molar-refractivity contribution in [1.82, 2.24) is 0 Å². The summed E-state index contributed by atoms with van der Waals surface area (Å²) in [5.41, 5.74) is 11.8. The lowest BCUT2D eigenvalue weighted by atomic mass is 9.91. The first-order chi connectivity index (χ1) is 9.49. The fourth-order valence-electron chi connectivity index (χ4n) is 2.53. The molecule has 0 bridgehead atoms. The molecule has 2 rings (SSSR count). The van der Waals surface area contributed by atoms with E-state index in [4.69, 9.17) is 5.73 Å². The molecule has 2 atom stereocenters. The lowest BCUT2D eigenvalue weighted by Gasteiger charge is -2.22. The van der Waals surface area contributed by atoms with E-state index >= 15 is 0 Å². The predicted molar refractivity (Wildman–Crippen MR) is 83.7 cm³/mol. The summed E-state index contributed by atoms with van der Waals surface area (Å²) in [6, 6.07) is 13.9. The molecule has 0 aromatic heterocycles. The first-order valence-electron chi connectivity index (χ1n) is 7.04. The van der Waals surface area contributed by atoms with Crippen LogP contribution in [0.2, 0.25) is 0 Å². The zero-order valence-electron chi connectivity index (χ0n) is 12.4. The van der Waals surface area contributed by atoms with Gasteiger partial charge in [-0.05, 0) is 55.0 Å². The minimum absolute atomic E-state index is 0.293. The summed E-state index contributed by atoms with van der Waals surface area (Å²) in [7, 11) is 0. The Morgan fingerprint density at radius 1 is 0.950 bits per heavy atom. The Hall–Kier alpha value is -1.64. The number of aliphatic hydroxyl groups is 1. The van der Waals surface area contributed by atoms with Crippen LogP contribution in [0.4, 0.5) is 0 Å². The molecule has 2 aromatic rings. The molecule has 20 heavy (non-hydrogen) atoms. The minimum Gasteiger partial charge on any atom is -0.387 e. The average Bonchev–Trinajstić information content (AvgIpc) is 2.43. The Kier molecular flexibility index (Phi) is 4.58. The van der Waals surface area contributed by atoms with Crippen molar-refractivity contribution in [2.45, 2.75) is 39.3 Å². The van der Waals surface area contributed by atoms with Crippen LogP contribution in [-0.2, 0) is 6.42 Å². The molecule has 0 aliphatic heterocycles. The van der Waals surface area contributed by atoms with Crippen molar-refractivity contribution in [2.24, 2.45) is 5.73 Å². The topological polar surface area (TPSA) is 46.2 Å². The van der Waals surface area contributed by atoms with Crippen molar-refractivity contribution in [3.63, 3.8) is 0 Å². The maximum atomic E-state index is 10.5. The van der Waals surface area contributed by atoms with Crippen LogP contribution in [0.25, 0.3) is 0 Å². The van der Waals surface area contributed by atoms with Crippen LogP contribution in [0.3, 0.4) is 0 Å². The van der Waals surface area contributed by atoms with Gasteiger partial charge in [-0.3, -0.25) is 0 Å². The van der Waals surface area contributed by atoms with Crippen molar-refractivity contribution in [1.29, 1.82) is 0 Å². The van der Waals surface area contributed by atoms with E-state index in [0.29, 0.717) is 6.42 Å². The molecule has 0 radical (unpaired) electrons. The molecule has 0 aliphatic carbocycles. The van der Waals surface area contributed by atoms with E-state index in [9.17, 15) is 5.11 Å². The highest BCUT2D eigenvalue weighted by Crippen LogP contribution is 2.24. The SMILES string of the molecule is Cc1cc(C)c(C(O)C(N)Cc2ccccc2)cc1C. The van der Waals surface area contributed by atoms with Gasteiger partial charge in [0.05, 0.1) is 6.10 Å². The van der Waals surface area contributed by atoms with Gasteiger partial charge < -0.3 is 10.8 Å². The predicted octanol–water partition coefficient (Wildman–Crippen LogP) is 3.22. The van der Waals surface area contributed by atoms with Crippen molar-refractivity contribution in [3.8, 4) is 0 Å². The minimum atomic E-state index is -0.630. The summed E-state index contributed by atoms with van der Waals surface area (Å²) < 4.78 is 0. The first-order valence-corrected chi connectivity index (χ1v) is 7.04. The van der Waals surface area contributed by atoms with E-state index in [2.05, 4.69) is 26.0 Å². The van der Waals surface area contributed by atoms with E-state index in [1.165, 1.54) is 11.1 Å². The van der Waals surface area contributed by atoms with Gasteiger partial charge in [-0.25, -0.2) is 0 Å². The molecule has 106 valence electrons. The summed E-state index contributed by atoms with van der Waals surface area (Å²) in [5, 5.41) is 10.5. The number of hydrogen-bond donors (Lipinski definition) is 2. The summed E-state index contributed by atoms with van der Waals surface area (Å²) in [6.07, 6.45) is 0.0449. The molecule has 0 spiro atoms. The normalized spacial score (nSPS) is 14.1. The summed E-state index contributed by atoms with van der Waals surface area (Å²) in [4.78, 5) is 0. The van der Waals surface area contributed by atoms with Gasteiger partial charge in [0.15, 0.2) is 0 Å². The number of rotatable bonds is 4. The standard InChI is InChI=1S/C18H23NO/c1-12-9-14(3)16(10-13(12)2)18(20)17(19)11-15-7-5-4-6-8-15/h4-10,17-18,20H,11,19H2,1-3H3. The van der Waals surface area contributed by atoms with Crippen LogP contribution in [0, 0.1) is 20.8 Å². The first kappa shape index (κ1) is 14.8. The van der Waals surface area contributed by atoms with Gasteiger partial charge in [0.1, 0.15) is 0 Å². The zero-order chi connectivity index (χ0) is 14.7. The number of aryl methyl sites for hydroxylation is 3. The molecule has 0 saturated heterocycles. The molecule has 2 unspecified atom stereocenters. The van der Waals surface area contributed by atoms with E-state index in [0.717, 1.165) is 16.7 Å². The van der Waals surface area contributed by atoms with Crippen LogP contribution in [-0.4, -0.2) is 11.1 Å². The second-order valence-electron chi connectivity index (χ2n) is 5.59. The molecule has 0 saturated carbocycles. The van der Waals surface area contributed by atoms with Crippen LogP contribution in [0.5, 0.6) is 0 Å². The van der Waals surface area contributed by atoms with E-state index in [1.54, 1.807) is 0 Å². The van der Waals surface area contributed by atoms with Crippen LogP contribution < -0.4 is 5.73 Å². The molecular weight excluding hydrogens is 246 g/mol. The Morgan fingerprint density at radius 3 is 2.20 bits per heavy atom. The second-order valence-corrected chi connectivity index (χ2v) is 5.59. The Morgan fingerprint density at radius 2 is 1.55 bits per heavy atom. The fourth-order valence-corrected chi connectivity index (χ4v) is 2.53. The number of benzene rings is 2. The highest BCUT2D eigenvalue weighted by Gasteiger charge is 2.19. The Balaban J connectivity index is 2.18. The number of nitrogens with two attached hydrogens (primary N) is 1. The summed E-state index contributed by atoms with van der Waals surface area (Å²) in [6.45, 7) is 6.18. The molecular formula is C18H23NO. The molecule has 3 N–H and O–H groups in total. The zero-order valence-corrected chi connectivity index (χ0v) is 12.4. The van der Waals surface area contributed by atoms with Crippen LogP contribution in [0.1, 0.15) is 33.9 Å². The lowest BCUT2D eigenvalue weighted by molar-refractivity contribution is 0.145. The highest BCUT2D eigenvalue weighted by molar-refractivity contribution is 5.38. The highest BCUT2D eigenvalue weighted by atomic mass is 16.3. The Labute approximate surface area is 121 Å². The fraction of sp³-hybridized carbons (Fsp3) is 0.333. The monoisotopic (exact) mass is 269 g/mol. The van der Waals surface area contributed by atoms with Gasteiger partial charge in [0.2, 0.25) is 0 Å². The van der Waals surface area contributed by atoms with Crippen molar-refractivity contribution in [2.75, 3.05) is 0 Å². The summed E-state index contributed by atoms with van der Waals surface area (Å²) in [5.74, 6) is 0. The van der Waals surface area contributed by atoms with Crippen LogP contribution in [0.15, 0.2) is 42.5 Å². The average molecular weight is 269 g/mol. The smallest absolute Gasteiger partial charge is 0.0946 e. The largest absolute Gasteiger partial charge is 0.387 e. The third kappa shape index (κ3) is 3.27. The third-order valence-corrected chi connectivity index (χ3v) is 3.92. The van der Waals surface area contributed by atoms with E-state index in [1.807, 2.05) is 37.3 Å². The number of aliphatic hydroxyl groups excluding tert-OH is 1. The molecule has 0 amide bonds. The van der Waals surface area contributed by atoms with Gasteiger partial charge in [-0.2, -0.15) is 0 Å². The lowest BCUT2D eigenvalue weighted by Crippen LogP contribution is -2.31. The molecule has 0 aliphatic rings. The van der Waals surface area contributed by atoms with Crippen molar-refractivity contribution >= 4 is 0 Å². The van der Waals surface area contributed by atoms with Crippen molar-refractivity contribution < 1.29 is 5.11 Å². The molecule has 0 fully saturated rings. The molecule has 0 heterocycles. The van der Waals surface area contributed by atoms with Gasteiger partial charge in [-0.15, -0.1) is 0 Å². The Bertz CT molecular complexity index is 577.